The normalized spacial score (nSPS) is 23.0. The van der Waals surface area contributed by atoms with Gasteiger partial charge in [0.15, 0.2) is 5.96 Å². The Hall–Kier alpha value is -0.520. The van der Waals surface area contributed by atoms with Crippen molar-refractivity contribution in [1.29, 1.82) is 0 Å². The highest BCUT2D eigenvalue weighted by Crippen LogP contribution is 2.34. The number of ether oxygens (including phenoxy) is 2. The molecule has 1 atom stereocenters. The lowest BCUT2D eigenvalue weighted by molar-refractivity contribution is -0.00808. The van der Waals surface area contributed by atoms with Gasteiger partial charge in [0, 0.05) is 49.9 Å². The topological polar surface area (TPSA) is 63.9 Å². The van der Waals surface area contributed by atoms with E-state index >= 15 is 0 Å². The Kier molecular flexibility index (Phi) is 9.17. The van der Waals surface area contributed by atoms with Crippen molar-refractivity contribution in [3.8, 4) is 0 Å². The maximum atomic E-state index is 5.97. The SMILES string of the molecule is CCNC(=NCC1(SC)CCOCC1)N1CCOC(c2cnn(C)c2)C1.I. The Morgan fingerprint density at radius 3 is 2.81 bits per heavy atom. The first-order valence-corrected chi connectivity index (χ1v) is 10.6. The van der Waals surface area contributed by atoms with Crippen LogP contribution in [0.3, 0.4) is 0 Å². The van der Waals surface area contributed by atoms with Crippen LogP contribution in [0.5, 0.6) is 0 Å². The molecule has 7 nitrogen and oxygen atoms in total. The van der Waals surface area contributed by atoms with E-state index in [0.29, 0.717) is 6.61 Å². The number of halogens is 1. The molecule has 0 spiro atoms. The standard InChI is InChI=1S/C18H31N5O2S.HI/c1-4-19-17(20-14-18(26-3)5-8-24-9-6-18)23-7-10-25-16(13-23)15-11-21-22(2)12-15;/h11-12,16H,4-10,13-14H2,1-3H3,(H,19,20);1H. The molecule has 154 valence electrons. The van der Waals surface area contributed by atoms with Crippen LogP contribution in [-0.4, -0.2) is 77.6 Å². The number of aliphatic imine (C=N–C) groups is 1. The third kappa shape index (κ3) is 5.98. The number of rotatable bonds is 5. The number of aromatic nitrogens is 2. The number of nitrogens with zero attached hydrogens (tertiary/aromatic N) is 4. The van der Waals surface area contributed by atoms with Gasteiger partial charge in [-0.1, -0.05) is 0 Å². The predicted octanol–water partition coefficient (Wildman–Crippen LogP) is 2.29. The smallest absolute Gasteiger partial charge is 0.194 e. The minimum atomic E-state index is 0. The quantitative estimate of drug-likeness (QED) is 0.374. The first-order chi connectivity index (χ1) is 12.7. The van der Waals surface area contributed by atoms with E-state index in [-0.39, 0.29) is 34.8 Å². The van der Waals surface area contributed by atoms with Gasteiger partial charge in [0.25, 0.3) is 0 Å². The molecule has 1 unspecified atom stereocenters. The minimum absolute atomic E-state index is 0. The number of guanidine groups is 1. The highest BCUT2D eigenvalue weighted by molar-refractivity contribution is 14.0. The minimum Gasteiger partial charge on any atom is -0.381 e. The van der Waals surface area contributed by atoms with Crippen LogP contribution in [0.1, 0.15) is 31.4 Å². The molecule has 27 heavy (non-hydrogen) atoms. The van der Waals surface area contributed by atoms with Crippen molar-refractivity contribution < 1.29 is 9.47 Å². The molecule has 3 rings (SSSR count). The molecule has 0 saturated carbocycles. The average Bonchev–Trinajstić information content (AvgIpc) is 3.12. The van der Waals surface area contributed by atoms with Gasteiger partial charge in [0.05, 0.1) is 25.9 Å². The van der Waals surface area contributed by atoms with Gasteiger partial charge in [-0.3, -0.25) is 9.67 Å². The third-order valence-electron chi connectivity index (χ3n) is 5.15. The van der Waals surface area contributed by atoms with Gasteiger partial charge >= 0.3 is 0 Å². The molecule has 9 heteroatoms. The zero-order valence-corrected chi connectivity index (χ0v) is 19.7. The van der Waals surface area contributed by atoms with E-state index in [0.717, 1.165) is 63.8 Å². The molecule has 1 aromatic rings. The summed E-state index contributed by atoms with van der Waals surface area (Å²) in [6.45, 7) is 7.85. The summed E-state index contributed by atoms with van der Waals surface area (Å²) in [5.41, 5.74) is 1.12. The molecular formula is C18H32IN5O2S. The average molecular weight is 509 g/mol. The number of morpholine rings is 1. The van der Waals surface area contributed by atoms with Gasteiger partial charge in [-0.15, -0.1) is 24.0 Å². The fourth-order valence-corrected chi connectivity index (χ4v) is 4.23. The molecule has 2 aliphatic heterocycles. The Balaban J connectivity index is 0.00000261. The van der Waals surface area contributed by atoms with Crippen LogP contribution >= 0.6 is 35.7 Å². The molecule has 0 bridgehead atoms. The van der Waals surface area contributed by atoms with Gasteiger partial charge in [-0.2, -0.15) is 16.9 Å². The van der Waals surface area contributed by atoms with Crippen molar-refractivity contribution in [1.82, 2.24) is 20.0 Å². The summed E-state index contributed by atoms with van der Waals surface area (Å²) in [6, 6.07) is 0. The molecule has 1 N–H and O–H groups in total. The Morgan fingerprint density at radius 2 is 2.19 bits per heavy atom. The number of aryl methyl sites for hydroxylation is 1. The highest BCUT2D eigenvalue weighted by Gasteiger charge is 2.32. The second-order valence-corrected chi connectivity index (χ2v) is 8.20. The Morgan fingerprint density at radius 1 is 1.41 bits per heavy atom. The van der Waals surface area contributed by atoms with Crippen LogP contribution < -0.4 is 5.32 Å². The van der Waals surface area contributed by atoms with E-state index in [1.54, 1.807) is 0 Å². The van der Waals surface area contributed by atoms with E-state index in [4.69, 9.17) is 14.5 Å². The molecule has 1 aromatic heterocycles. The highest BCUT2D eigenvalue weighted by atomic mass is 127. The fraction of sp³-hybridized carbons (Fsp3) is 0.778. The lowest BCUT2D eigenvalue weighted by atomic mass is 9.99. The van der Waals surface area contributed by atoms with E-state index in [2.05, 4.69) is 28.5 Å². The lowest BCUT2D eigenvalue weighted by Crippen LogP contribution is -2.49. The number of thioether (sulfide) groups is 1. The summed E-state index contributed by atoms with van der Waals surface area (Å²) in [5.74, 6) is 0.990. The van der Waals surface area contributed by atoms with Crippen molar-refractivity contribution in [2.75, 3.05) is 52.3 Å². The van der Waals surface area contributed by atoms with Gasteiger partial charge in [-0.05, 0) is 26.0 Å². The molecule has 2 aliphatic rings. The van der Waals surface area contributed by atoms with E-state index in [9.17, 15) is 0 Å². The van der Waals surface area contributed by atoms with Crippen molar-refractivity contribution >= 4 is 41.7 Å². The van der Waals surface area contributed by atoms with Gasteiger partial charge in [-0.25, -0.2) is 0 Å². The van der Waals surface area contributed by atoms with Crippen LogP contribution in [0.4, 0.5) is 0 Å². The molecule has 0 aromatic carbocycles. The predicted molar refractivity (Wildman–Crippen MR) is 121 cm³/mol. The summed E-state index contributed by atoms with van der Waals surface area (Å²) in [5, 5.41) is 7.74. The molecule has 3 heterocycles. The third-order valence-corrected chi connectivity index (χ3v) is 6.55. The number of hydrogen-bond donors (Lipinski definition) is 1. The first kappa shape index (κ1) is 22.8. The maximum Gasteiger partial charge on any atom is 0.194 e. The van der Waals surface area contributed by atoms with E-state index in [1.807, 2.05) is 35.9 Å². The van der Waals surface area contributed by atoms with Crippen LogP contribution in [0, 0.1) is 0 Å². The zero-order valence-electron chi connectivity index (χ0n) is 16.5. The van der Waals surface area contributed by atoms with Crippen molar-refractivity contribution in [3.63, 3.8) is 0 Å². The molecular weight excluding hydrogens is 477 g/mol. The van der Waals surface area contributed by atoms with Gasteiger partial charge in [0.1, 0.15) is 6.10 Å². The lowest BCUT2D eigenvalue weighted by Gasteiger charge is -2.37. The largest absolute Gasteiger partial charge is 0.381 e. The molecule has 0 radical (unpaired) electrons. The summed E-state index contributed by atoms with van der Waals surface area (Å²) < 4.78 is 13.5. The van der Waals surface area contributed by atoms with Gasteiger partial charge in [0.2, 0.25) is 0 Å². The van der Waals surface area contributed by atoms with E-state index < -0.39 is 0 Å². The zero-order chi connectivity index (χ0) is 18.4. The summed E-state index contributed by atoms with van der Waals surface area (Å²) in [7, 11) is 1.94. The van der Waals surface area contributed by atoms with Crippen molar-refractivity contribution in [2.45, 2.75) is 30.6 Å². The molecule has 2 saturated heterocycles. The fourth-order valence-electron chi connectivity index (χ4n) is 3.46. The second-order valence-electron chi connectivity index (χ2n) is 6.92. The van der Waals surface area contributed by atoms with Crippen molar-refractivity contribution in [3.05, 3.63) is 18.0 Å². The van der Waals surface area contributed by atoms with Crippen LogP contribution in [0.25, 0.3) is 0 Å². The number of nitrogens with one attached hydrogen (secondary N) is 1. The Labute approximate surface area is 183 Å². The first-order valence-electron chi connectivity index (χ1n) is 9.42. The molecule has 0 aliphatic carbocycles. The summed E-state index contributed by atoms with van der Waals surface area (Å²) >= 11 is 1.93. The van der Waals surface area contributed by atoms with Crippen molar-refractivity contribution in [2.24, 2.45) is 12.0 Å². The van der Waals surface area contributed by atoms with Crippen LogP contribution in [0.15, 0.2) is 17.4 Å². The molecule has 0 amide bonds. The Bertz CT molecular complexity index is 606. The summed E-state index contributed by atoms with van der Waals surface area (Å²) in [4.78, 5) is 7.33. The van der Waals surface area contributed by atoms with Crippen LogP contribution in [0.2, 0.25) is 0 Å². The van der Waals surface area contributed by atoms with E-state index in [1.165, 1.54) is 0 Å². The van der Waals surface area contributed by atoms with Crippen LogP contribution in [-0.2, 0) is 16.5 Å². The second kappa shape index (κ2) is 10.9. The maximum absolute atomic E-state index is 5.97. The molecule has 2 fully saturated rings. The van der Waals surface area contributed by atoms with Gasteiger partial charge < -0.3 is 19.7 Å². The summed E-state index contributed by atoms with van der Waals surface area (Å²) in [6.07, 6.45) is 8.29. The number of hydrogen-bond acceptors (Lipinski definition) is 5. The monoisotopic (exact) mass is 509 g/mol.